The third-order valence-electron chi connectivity index (χ3n) is 3.31. The molecule has 2 rings (SSSR count). The van der Waals surface area contributed by atoms with Gasteiger partial charge in [0.25, 0.3) is 0 Å². The van der Waals surface area contributed by atoms with Crippen molar-refractivity contribution >= 4 is 5.91 Å². The highest BCUT2D eigenvalue weighted by Gasteiger charge is 2.23. The number of carbonyl (C=O) groups is 1. The van der Waals surface area contributed by atoms with E-state index in [1.54, 1.807) is 0 Å². The van der Waals surface area contributed by atoms with E-state index in [0.29, 0.717) is 13.0 Å². The first kappa shape index (κ1) is 13.1. The van der Waals surface area contributed by atoms with Crippen molar-refractivity contribution in [2.24, 2.45) is 5.73 Å². The molecule has 0 spiro atoms. The van der Waals surface area contributed by atoms with E-state index >= 15 is 0 Å². The number of nitrogens with one attached hydrogen (secondary N) is 2. The number of unbranched alkanes of at least 4 members (excludes halogenated alkanes) is 1. The van der Waals surface area contributed by atoms with Crippen LogP contribution in [-0.4, -0.2) is 19.0 Å². The van der Waals surface area contributed by atoms with Crippen LogP contribution in [0.5, 0.6) is 0 Å². The maximum atomic E-state index is 11.8. The highest BCUT2D eigenvalue weighted by Crippen LogP contribution is 2.27. The number of amides is 1. The fraction of sp³-hybridized carbons (Fsp3) is 0.500. The predicted molar refractivity (Wildman–Crippen MR) is 71.9 cm³/mol. The van der Waals surface area contributed by atoms with Crippen LogP contribution in [0.1, 0.15) is 36.4 Å². The Kier molecular flexibility index (Phi) is 4.73. The number of hydrogen-bond acceptors (Lipinski definition) is 3. The fourth-order valence-electron chi connectivity index (χ4n) is 2.32. The zero-order chi connectivity index (χ0) is 12.8. The zero-order valence-corrected chi connectivity index (χ0v) is 10.6. The molecule has 1 atom stereocenters. The molecule has 1 amide bonds. The Morgan fingerprint density at radius 3 is 3.06 bits per heavy atom. The standard InChI is InChI=1S/C14H21N3O/c15-7-3-4-8-16-14(18)9-13-12-6-2-1-5-11(12)10-17-13/h1-2,5-6,13,17H,3-4,7-10,15H2,(H,16,18). The van der Waals surface area contributed by atoms with E-state index in [4.69, 9.17) is 5.73 Å². The molecule has 0 saturated heterocycles. The summed E-state index contributed by atoms with van der Waals surface area (Å²) in [6.07, 6.45) is 2.43. The molecule has 1 aliphatic heterocycles. The van der Waals surface area contributed by atoms with Crippen molar-refractivity contribution in [2.45, 2.75) is 31.8 Å². The monoisotopic (exact) mass is 247 g/mol. The van der Waals surface area contributed by atoms with E-state index in [2.05, 4.69) is 22.8 Å². The second kappa shape index (κ2) is 6.52. The Labute approximate surface area is 108 Å². The van der Waals surface area contributed by atoms with Gasteiger partial charge in [0.15, 0.2) is 0 Å². The van der Waals surface area contributed by atoms with Crippen LogP contribution in [0.4, 0.5) is 0 Å². The molecule has 4 nitrogen and oxygen atoms in total. The third-order valence-corrected chi connectivity index (χ3v) is 3.31. The summed E-state index contributed by atoms with van der Waals surface area (Å²) in [5, 5.41) is 6.31. The van der Waals surface area contributed by atoms with E-state index in [0.717, 1.165) is 25.9 Å². The van der Waals surface area contributed by atoms with Gasteiger partial charge in [-0.15, -0.1) is 0 Å². The summed E-state index contributed by atoms with van der Waals surface area (Å²) in [6, 6.07) is 8.44. The minimum Gasteiger partial charge on any atom is -0.356 e. The average molecular weight is 247 g/mol. The number of benzene rings is 1. The molecule has 1 heterocycles. The van der Waals surface area contributed by atoms with Crippen molar-refractivity contribution in [2.75, 3.05) is 13.1 Å². The highest BCUT2D eigenvalue weighted by atomic mass is 16.1. The lowest BCUT2D eigenvalue weighted by atomic mass is 10.0. The summed E-state index contributed by atoms with van der Waals surface area (Å²) < 4.78 is 0. The Hall–Kier alpha value is -1.39. The van der Waals surface area contributed by atoms with Gasteiger partial charge in [0.2, 0.25) is 5.91 Å². The van der Waals surface area contributed by atoms with Crippen molar-refractivity contribution in [1.29, 1.82) is 0 Å². The summed E-state index contributed by atoms with van der Waals surface area (Å²) in [5.41, 5.74) is 7.97. The lowest BCUT2D eigenvalue weighted by Crippen LogP contribution is -2.28. The van der Waals surface area contributed by atoms with Crippen LogP contribution in [0.15, 0.2) is 24.3 Å². The van der Waals surface area contributed by atoms with E-state index in [-0.39, 0.29) is 11.9 Å². The Morgan fingerprint density at radius 2 is 2.22 bits per heavy atom. The van der Waals surface area contributed by atoms with Crippen LogP contribution in [0.2, 0.25) is 0 Å². The lowest BCUT2D eigenvalue weighted by molar-refractivity contribution is -0.121. The molecule has 1 unspecified atom stereocenters. The van der Waals surface area contributed by atoms with Gasteiger partial charge >= 0.3 is 0 Å². The number of nitrogens with two attached hydrogens (primary N) is 1. The van der Waals surface area contributed by atoms with Gasteiger partial charge in [-0.1, -0.05) is 24.3 Å². The molecule has 0 aromatic heterocycles. The maximum absolute atomic E-state index is 11.8. The van der Waals surface area contributed by atoms with Crippen LogP contribution in [0, 0.1) is 0 Å². The molecule has 0 fully saturated rings. The quantitative estimate of drug-likeness (QED) is 0.659. The predicted octanol–water partition coefficient (Wildman–Crippen LogP) is 1.08. The van der Waals surface area contributed by atoms with Crippen LogP contribution in [0.25, 0.3) is 0 Å². The van der Waals surface area contributed by atoms with Gasteiger partial charge < -0.3 is 16.4 Å². The van der Waals surface area contributed by atoms with Gasteiger partial charge in [-0.3, -0.25) is 4.79 Å². The Morgan fingerprint density at radius 1 is 1.39 bits per heavy atom. The fourth-order valence-corrected chi connectivity index (χ4v) is 2.32. The molecule has 1 aromatic rings. The summed E-state index contributed by atoms with van der Waals surface area (Å²) in [7, 11) is 0. The van der Waals surface area contributed by atoms with Gasteiger partial charge in [0.1, 0.15) is 0 Å². The smallest absolute Gasteiger partial charge is 0.221 e. The normalized spacial score (nSPS) is 17.5. The van der Waals surface area contributed by atoms with E-state index < -0.39 is 0 Å². The SMILES string of the molecule is NCCCCNC(=O)CC1NCc2ccccc21. The Balaban J connectivity index is 1.79. The van der Waals surface area contributed by atoms with Crippen LogP contribution >= 0.6 is 0 Å². The molecule has 1 aromatic carbocycles. The summed E-state index contributed by atoms with van der Waals surface area (Å²) in [5.74, 6) is 0.112. The van der Waals surface area contributed by atoms with Crippen molar-refractivity contribution in [3.8, 4) is 0 Å². The molecule has 98 valence electrons. The summed E-state index contributed by atoms with van der Waals surface area (Å²) in [6.45, 7) is 2.28. The van der Waals surface area contributed by atoms with Crippen LogP contribution in [-0.2, 0) is 11.3 Å². The summed E-state index contributed by atoms with van der Waals surface area (Å²) >= 11 is 0. The van der Waals surface area contributed by atoms with Gasteiger partial charge in [-0.25, -0.2) is 0 Å². The second-order valence-corrected chi connectivity index (χ2v) is 4.68. The number of hydrogen-bond donors (Lipinski definition) is 3. The van der Waals surface area contributed by atoms with Crippen LogP contribution in [0.3, 0.4) is 0 Å². The molecular formula is C14H21N3O. The second-order valence-electron chi connectivity index (χ2n) is 4.68. The summed E-state index contributed by atoms with van der Waals surface area (Å²) in [4.78, 5) is 11.8. The third kappa shape index (κ3) is 3.31. The molecule has 0 radical (unpaired) electrons. The molecule has 4 N–H and O–H groups in total. The lowest BCUT2D eigenvalue weighted by Gasteiger charge is -2.12. The molecular weight excluding hydrogens is 226 g/mol. The van der Waals surface area contributed by atoms with Crippen LogP contribution < -0.4 is 16.4 Å². The van der Waals surface area contributed by atoms with Gasteiger partial charge in [0, 0.05) is 25.6 Å². The first-order valence-electron chi connectivity index (χ1n) is 6.59. The average Bonchev–Trinajstić information content (AvgIpc) is 2.78. The minimum atomic E-state index is 0.112. The minimum absolute atomic E-state index is 0.112. The number of carbonyl (C=O) groups excluding carboxylic acids is 1. The number of fused-ring (bicyclic) bond motifs is 1. The molecule has 4 heteroatoms. The largest absolute Gasteiger partial charge is 0.356 e. The topological polar surface area (TPSA) is 67.1 Å². The van der Waals surface area contributed by atoms with E-state index in [1.807, 2.05) is 12.1 Å². The van der Waals surface area contributed by atoms with Crippen molar-refractivity contribution < 1.29 is 4.79 Å². The van der Waals surface area contributed by atoms with Gasteiger partial charge in [0.05, 0.1) is 0 Å². The first-order chi connectivity index (χ1) is 8.81. The van der Waals surface area contributed by atoms with Crippen molar-refractivity contribution in [3.63, 3.8) is 0 Å². The van der Waals surface area contributed by atoms with Crippen molar-refractivity contribution in [1.82, 2.24) is 10.6 Å². The Bertz CT molecular complexity index is 406. The molecule has 1 aliphatic rings. The molecule has 0 saturated carbocycles. The van der Waals surface area contributed by atoms with Gasteiger partial charge in [-0.2, -0.15) is 0 Å². The first-order valence-corrected chi connectivity index (χ1v) is 6.59. The van der Waals surface area contributed by atoms with Gasteiger partial charge in [-0.05, 0) is 30.5 Å². The zero-order valence-electron chi connectivity index (χ0n) is 10.6. The number of rotatable bonds is 6. The molecule has 18 heavy (non-hydrogen) atoms. The molecule has 0 aliphatic carbocycles. The highest BCUT2D eigenvalue weighted by molar-refractivity contribution is 5.77. The maximum Gasteiger partial charge on any atom is 0.221 e. The van der Waals surface area contributed by atoms with E-state index in [9.17, 15) is 4.79 Å². The molecule has 0 bridgehead atoms. The van der Waals surface area contributed by atoms with E-state index in [1.165, 1.54) is 11.1 Å². The van der Waals surface area contributed by atoms with Crippen molar-refractivity contribution in [3.05, 3.63) is 35.4 Å².